The van der Waals surface area contributed by atoms with E-state index in [9.17, 15) is 33.9 Å². The highest BCUT2D eigenvalue weighted by molar-refractivity contribution is 6.30. The minimum Gasteiger partial charge on any atom is -0.508 e. The molecule has 43 heavy (non-hydrogen) atoms. The summed E-state index contributed by atoms with van der Waals surface area (Å²) in [5, 5.41) is 21.9. The standard InChI is InChI=1S/C32H25ClFN3O6/c33-18-5-3-17(4-6-18)32-25(29(40)36(31(32)42)35-20-9-7-19(34)8-10-20)15-24-22(27(32)16-1-11-21(38)12-2-16)13-14-23-26(24)30(41)37(43)28(23)39/h1-13,23-27,35,38,43H,14-15H2. The van der Waals surface area contributed by atoms with Crippen molar-refractivity contribution < 1.29 is 33.9 Å². The lowest BCUT2D eigenvalue weighted by molar-refractivity contribution is -0.173. The van der Waals surface area contributed by atoms with Crippen LogP contribution in [0.3, 0.4) is 0 Å². The monoisotopic (exact) mass is 601 g/mol. The Morgan fingerprint density at radius 3 is 2.21 bits per heavy atom. The van der Waals surface area contributed by atoms with Crippen LogP contribution in [0.1, 0.15) is 29.9 Å². The van der Waals surface area contributed by atoms with Gasteiger partial charge in [-0.25, -0.2) is 4.39 Å². The van der Waals surface area contributed by atoms with E-state index < -0.39 is 64.5 Å². The number of nitrogens with zero attached hydrogens (tertiary/aromatic N) is 2. The molecule has 0 aromatic heterocycles. The van der Waals surface area contributed by atoms with Crippen LogP contribution in [-0.2, 0) is 24.6 Å². The van der Waals surface area contributed by atoms with E-state index in [-0.39, 0.29) is 23.7 Å². The number of benzene rings is 3. The molecule has 11 heteroatoms. The number of rotatable bonds is 4. The Kier molecular flexibility index (Phi) is 6.19. The number of phenols is 1. The minimum atomic E-state index is -1.51. The van der Waals surface area contributed by atoms with Crippen molar-refractivity contribution in [2.75, 3.05) is 5.43 Å². The summed E-state index contributed by atoms with van der Waals surface area (Å²) in [7, 11) is 0. The summed E-state index contributed by atoms with van der Waals surface area (Å²) in [6.45, 7) is 0. The Morgan fingerprint density at radius 2 is 1.53 bits per heavy atom. The largest absolute Gasteiger partial charge is 0.508 e. The maximum absolute atomic E-state index is 14.8. The number of anilines is 1. The fourth-order valence-corrected chi connectivity index (χ4v) is 7.81. The molecule has 0 radical (unpaired) electrons. The van der Waals surface area contributed by atoms with Crippen LogP contribution in [0.4, 0.5) is 10.1 Å². The molecule has 3 aromatic carbocycles. The highest BCUT2D eigenvalue weighted by Gasteiger charge is 2.70. The molecule has 6 atom stereocenters. The minimum absolute atomic E-state index is 0.00630. The number of hydrazine groups is 1. The fraction of sp³-hybridized carbons (Fsp3) is 0.250. The topological polar surface area (TPSA) is 127 Å². The van der Waals surface area contributed by atoms with Gasteiger partial charge in [-0.15, -0.1) is 0 Å². The third-order valence-corrected chi connectivity index (χ3v) is 9.71. The lowest BCUT2D eigenvalue weighted by Gasteiger charge is -2.50. The predicted molar refractivity (Wildman–Crippen MR) is 151 cm³/mol. The lowest BCUT2D eigenvalue weighted by atomic mass is 9.49. The van der Waals surface area contributed by atoms with Crippen LogP contribution >= 0.6 is 11.6 Å². The van der Waals surface area contributed by atoms with Crippen LogP contribution in [0.25, 0.3) is 0 Å². The Bertz CT molecular complexity index is 1710. The molecule has 0 spiro atoms. The first kappa shape index (κ1) is 27.3. The zero-order valence-electron chi connectivity index (χ0n) is 22.5. The molecule has 9 nitrogen and oxygen atoms in total. The Morgan fingerprint density at radius 1 is 0.860 bits per heavy atom. The number of aromatic hydroxyl groups is 1. The van der Waals surface area contributed by atoms with Crippen molar-refractivity contribution in [3.8, 4) is 5.75 Å². The van der Waals surface area contributed by atoms with E-state index in [4.69, 9.17) is 11.6 Å². The number of imide groups is 2. The van der Waals surface area contributed by atoms with Crippen molar-refractivity contribution in [3.05, 3.63) is 106 Å². The molecule has 2 aliphatic carbocycles. The van der Waals surface area contributed by atoms with E-state index in [0.29, 0.717) is 27.4 Å². The molecule has 2 heterocycles. The van der Waals surface area contributed by atoms with Crippen molar-refractivity contribution in [1.82, 2.24) is 10.1 Å². The van der Waals surface area contributed by atoms with Gasteiger partial charge >= 0.3 is 0 Å². The third kappa shape index (κ3) is 3.86. The van der Waals surface area contributed by atoms with Crippen molar-refractivity contribution in [1.29, 1.82) is 0 Å². The van der Waals surface area contributed by atoms with Crippen LogP contribution in [-0.4, -0.2) is 44.0 Å². The normalized spacial score (nSPS) is 29.7. The zero-order valence-corrected chi connectivity index (χ0v) is 23.2. The number of phenolic OH excluding ortho intramolecular Hbond substituents is 1. The molecule has 6 unspecified atom stereocenters. The summed E-state index contributed by atoms with van der Waals surface area (Å²) in [5.41, 5.74) is 3.54. The number of hydrogen-bond donors (Lipinski definition) is 3. The summed E-state index contributed by atoms with van der Waals surface area (Å²) >= 11 is 6.25. The fourth-order valence-electron chi connectivity index (χ4n) is 7.68. The molecule has 7 rings (SSSR count). The van der Waals surface area contributed by atoms with Crippen molar-refractivity contribution in [2.45, 2.75) is 24.2 Å². The first-order chi connectivity index (χ1) is 20.6. The van der Waals surface area contributed by atoms with E-state index in [0.717, 1.165) is 5.01 Å². The molecule has 0 bridgehead atoms. The second-order valence-electron chi connectivity index (χ2n) is 11.5. The van der Waals surface area contributed by atoms with E-state index in [1.165, 1.54) is 36.4 Å². The lowest BCUT2D eigenvalue weighted by Crippen LogP contribution is -2.53. The molecule has 3 N–H and O–H groups in total. The van der Waals surface area contributed by atoms with E-state index in [2.05, 4.69) is 5.43 Å². The number of fused-ring (bicyclic) bond motifs is 4. The first-order valence-corrected chi connectivity index (χ1v) is 14.2. The summed E-state index contributed by atoms with van der Waals surface area (Å²) in [4.78, 5) is 55.2. The summed E-state index contributed by atoms with van der Waals surface area (Å²) < 4.78 is 13.7. The van der Waals surface area contributed by atoms with Crippen LogP contribution in [0.15, 0.2) is 84.4 Å². The molecule has 4 amide bonds. The van der Waals surface area contributed by atoms with Crippen LogP contribution in [0.5, 0.6) is 5.75 Å². The van der Waals surface area contributed by atoms with E-state index >= 15 is 0 Å². The zero-order chi connectivity index (χ0) is 30.2. The van der Waals surface area contributed by atoms with Gasteiger partial charge in [0, 0.05) is 10.9 Å². The predicted octanol–water partition coefficient (Wildman–Crippen LogP) is 4.56. The van der Waals surface area contributed by atoms with Crippen molar-refractivity contribution in [2.24, 2.45) is 23.7 Å². The second kappa shape index (κ2) is 9.75. The van der Waals surface area contributed by atoms with Crippen LogP contribution in [0.2, 0.25) is 5.02 Å². The van der Waals surface area contributed by atoms with Gasteiger partial charge < -0.3 is 5.11 Å². The van der Waals surface area contributed by atoms with Gasteiger partial charge in [0.05, 0.1) is 28.9 Å². The molecular formula is C32H25ClFN3O6. The van der Waals surface area contributed by atoms with Gasteiger partial charge in [0.2, 0.25) is 0 Å². The van der Waals surface area contributed by atoms with E-state index in [1.54, 1.807) is 36.4 Å². The van der Waals surface area contributed by atoms with Gasteiger partial charge in [0.25, 0.3) is 23.6 Å². The smallest absolute Gasteiger partial charge is 0.260 e. The number of carbonyl (C=O) groups excluding carboxylic acids is 4. The number of hydroxylamine groups is 2. The van der Waals surface area contributed by atoms with Gasteiger partial charge in [-0.2, -0.15) is 10.1 Å². The van der Waals surface area contributed by atoms with Gasteiger partial charge in [0.1, 0.15) is 11.6 Å². The molecule has 3 aromatic rings. The Balaban J connectivity index is 1.46. The molecule has 3 fully saturated rings. The van der Waals surface area contributed by atoms with Crippen LogP contribution < -0.4 is 5.43 Å². The molecule has 218 valence electrons. The number of amides is 4. The van der Waals surface area contributed by atoms with Gasteiger partial charge in [-0.1, -0.05) is 47.5 Å². The van der Waals surface area contributed by atoms with Crippen molar-refractivity contribution in [3.63, 3.8) is 0 Å². The number of carbonyl (C=O) groups is 4. The molecule has 1 saturated carbocycles. The number of halogens is 2. The van der Waals surface area contributed by atoms with Crippen molar-refractivity contribution >= 4 is 40.9 Å². The molecule has 4 aliphatic rings. The molecule has 2 aliphatic heterocycles. The quantitative estimate of drug-likeness (QED) is 0.227. The Labute approximate surface area is 250 Å². The van der Waals surface area contributed by atoms with E-state index in [1.807, 2.05) is 6.08 Å². The van der Waals surface area contributed by atoms with Gasteiger partial charge in [-0.05, 0) is 78.4 Å². The Hall–Kier alpha value is -4.54. The summed E-state index contributed by atoms with van der Waals surface area (Å²) in [5.74, 6) is -7.08. The average molecular weight is 602 g/mol. The highest BCUT2D eigenvalue weighted by Crippen LogP contribution is 2.64. The second-order valence-corrected chi connectivity index (χ2v) is 11.9. The number of nitrogens with one attached hydrogen (secondary N) is 1. The SMILES string of the molecule is O=C1C2CC=C3C(CC4C(=O)N(Nc5ccc(F)cc5)C(=O)C4(c4ccc(Cl)cc4)C3c3ccc(O)cc3)C2C(=O)N1O. The third-order valence-electron chi connectivity index (χ3n) is 9.46. The maximum atomic E-state index is 14.8. The number of allylic oxidation sites excluding steroid dienone is 2. The number of hydrogen-bond acceptors (Lipinski definition) is 7. The van der Waals surface area contributed by atoms with Gasteiger partial charge in [0.15, 0.2) is 0 Å². The first-order valence-electron chi connectivity index (χ1n) is 13.8. The van der Waals surface area contributed by atoms with Gasteiger partial charge in [-0.3, -0.25) is 29.8 Å². The maximum Gasteiger partial charge on any atom is 0.260 e. The molecule has 2 saturated heterocycles. The highest BCUT2D eigenvalue weighted by atomic mass is 35.5. The summed E-state index contributed by atoms with van der Waals surface area (Å²) in [6, 6.07) is 18.3. The summed E-state index contributed by atoms with van der Waals surface area (Å²) in [6.07, 6.45) is 2.09. The van der Waals surface area contributed by atoms with Crippen LogP contribution in [0, 0.1) is 29.5 Å². The average Bonchev–Trinajstić information content (AvgIpc) is 3.35. The molecular weight excluding hydrogens is 577 g/mol.